The van der Waals surface area contributed by atoms with E-state index in [2.05, 4.69) is 15.2 Å². The summed E-state index contributed by atoms with van der Waals surface area (Å²) in [6.45, 7) is 4.26. The number of aromatic amines is 1. The van der Waals surface area contributed by atoms with Crippen molar-refractivity contribution >= 4 is 5.97 Å². The van der Waals surface area contributed by atoms with Crippen LogP contribution < -0.4 is 0 Å². The van der Waals surface area contributed by atoms with Crippen LogP contribution >= 0.6 is 0 Å². The topological polar surface area (TPSA) is 67.9 Å². The maximum Gasteiger partial charge on any atom is 0.319 e. The Hall–Kier alpha value is -1.39. The molecule has 1 aromatic rings. The van der Waals surface area contributed by atoms with Gasteiger partial charge in [-0.25, -0.2) is 4.98 Å². The molecule has 1 fully saturated rings. The zero-order valence-electron chi connectivity index (χ0n) is 11.2. The van der Waals surface area contributed by atoms with Gasteiger partial charge in [0.05, 0.1) is 6.61 Å². The molecule has 1 aromatic heterocycles. The van der Waals surface area contributed by atoms with Gasteiger partial charge in [-0.05, 0) is 19.8 Å². The van der Waals surface area contributed by atoms with Gasteiger partial charge in [-0.3, -0.25) is 9.89 Å². The van der Waals surface area contributed by atoms with Crippen LogP contribution in [0.15, 0.2) is 0 Å². The number of nitrogens with zero attached hydrogens (tertiary/aromatic N) is 2. The third kappa shape index (κ3) is 2.26. The molecule has 0 unspecified atom stereocenters. The highest BCUT2D eigenvalue weighted by Gasteiger charge is 2.45. The van der Waals surface area contributed by atoms with E-state index in [9.17, 15) is 4.79 Å². The van der Waals surface area contributed by atoms with Gasteiger partial charge in [-0.2, -0.15) is 5.10 Å². The molecule has 5 heteroatoms. The molecule has 0 amide bonds. The SMILES string of the molecule is CCOC(=O)C1(c2n[nH]c(CC)n2)CCCCC1. The molecule has 1 saturated carbocycles. The number of hydrogen-bond acceptors (Lipinski definition) is 4. The molecule has 5 nitrogen and oxygen atoms in total. The quantitative estimate of drug-likeness (QED) is 0.832. The first kappa shape index (κ1) is 13.1. The standard InChI is InChI=1S/C13H21N3O2/c1-3-10-14-11(16-15-10)13(12(17)18-4-2)8-6-5-7-9-13/h3-9H2,1-2H3,(H,14,15,16). The summed E-state index contributed by atoms with van der Waals surface area (Å²) in [6, 6.07) is 0. The molecule has 0 spiro atoms. The van der Waals surface area contributed by atoms with Crippen molar-refractivity contribution in [3.05, 3.63) is 11.6 Å². The first-order chi connectivity index (χ1) is 8.73. The normalized spacial score (nSPS) is 18.6. The predicted molar refractivity (Wildman–Crippen MR) is 67.2 cm³/mol. The van der Waals surface area contributed by atoms with Crippen molar-refractivity contribution in [2.45, 2.75) is 57.8 Å². The molecular weight excluding hydrogens is 230 g/mol. The van der Waals surface area contributed by atoms with Gasteiger partial charge < -0.3 is 4.74 Å². The van der Waals surface area contributed by atoms with Crippen LogP contribution in [-0.4, -0.2) is 27.8 Å². The largest absolute Gasteiger partial charge is 0.465 e. The summed E-state index contributed by atoms with van der Waals surface area (Å²) in [7, 11) is 0. The van der Waals surface area contributed by atoms with E-state index >= 15 is 0 Å². The molecule has 1 N–H and O–H groups in total. The number of esters is 1. The molecule has 0 radical (unpaired) electrons. The lowest BCUT2D eigenvalue weighted by molar-refractivity contribution is -0.152. The summed E-state index contributed by atoms with van der Waals surface area (Å²) < 4.78 is 5.25. The first-order valence-electron chi connectivity index (χ1n) is 6.82. The van der Waals surface area contributed by atoms with Crippen LogP contribution in [-0.2, 0) is 21.4 Å². The maximum absolute atomic E-state index is 12.3. The average Bonchev–Trinajstić information content (AvgIpc) is 2.89. The Kier molecular flexibility index (Phi) is 3.99. The Morgan fingerprint density at radius 1 is 1.33 bits per heavy atom. The van der Waals surface area contributed by atoms with Crippen molar-refractivity contribution in [2.24, 2.45) is 0 Å². The van der Waals surface area contributed by atoms with Gasteiger partial charge in [-0.1, -0.05) is 26.2 Å². The minimum atomic E-state index is -0.613. The summed E-state index contributed by atoms with van der Waals surface area (Å²) in [5, 5.41) is 7.15. The van der Waals surface area contributed by atoms with E-state index in [4.69, 9.17) is 4.74 Å². The van der Waals surface area contributed by atoms with Crippen molar-refractivity contribution in [2.75, 3.05) is 6.61 Å². The number of aryl methyl sites for hydroxylation is 1. The van der Waals surface area contributed by atoms with Crippen molar-refractivity contribution in [3.8, 4) is 0 Å². The second-order valence-corrected chi connectivity index (χ2v) is 4.82. The molecule has 0 bridgehead atoms. The van der Waals surface area contributed by atoms with Crippen LogP contribution in [0.2, 0.25) is 0 Å². The number of H-pyrrole nitrogens is 1. The van der Waals surface area contributed by atoms with Crippen molar-refractivity contribution in [1.29, 1.82) is 0 Å². The van der Waals surface area contributed by atoms with Gasteiger partial charge in [0, 0.05) is 6.42 Å². The van der Waals surface area contributed by atoms with E-state index in [0.29, 0.717) is 12.4 Å². The number of nitrogens with one attached hydrogen (secondary N) is 1. The van der Waals surface area contributed by atoms with Gasteiger partial charge in [0.1, 0.15) is 11.2 Å². The first-order valence-corrected chi connectivity index (χ1v) is 6.82. The maximum atomic E-state index is 12.3. The van der Waals surface area contributed by atoms with Gasteiger partial charge in [-0.15, -0.1) is 0 Å². The fourth-order valence-electron chi connectivity index (χ4n) is 2.61. The molecular formula is C13H21N3O2. The fraction of sp³-hybridized carbons (Fsp3) is 0.769. The van der Waals surface area contributed by atoms with Crippen LogP contribution in [0.4, 0.5) is 0 Å². The minimum absolute atomic E-state index is 0.161. The average molecular weight is 251 g/mol. The third-order valence-corrected chi connectivity index (χ3v) is 3.67. The summed E-state index contributed by atoms with van der Waals surface area (Å²) in [4.78, 5) is 16.8. The molecule has 1 heterocycles. The third-order valence-electron chi connectivity index (χ3n) is 3.67. The molecule has 0 saturated heterocycles. The van der Waals surface area contributed by atoms with Crippen molar-refractivity contribution < 1.29 is 9.53 Å². The number of aromatic nitrogens is 3. The van der Waals surface area contributed by atoms with Gasteiger partial charge >= 0.3 is 5.97 Å². The van der Waals surface area contributed by atoms with Crippen LogP contribution in [0.25, 0.3) is 0 Å². The van der Waals surface area contributed by atoms with E-state index in [-0.39, 0.29) is 5.97 Å². The molecule has 0 atom stereocenters. The van der Waals surface area contributed by atoms with E-state index in [1.165, 1.54) is 6.42 Å². The molecule has 0 aromatic carbocycles. The van der Waals surface area contributed by atoms with Crippen LogP contribution in [0.3, 0.4) is 0 Å². The predicted octanol–water partition coefficient (Wildman–Crippen LogP) is 2.13. The molecule has 1 aliphatic carbocycles. The Labute approximate surface area is 107 Å². The molecule has 100 valence electrons. The number of hydrogen-bond donors (Lipinski definition) is 1. The fourth-order valence-corrected chi connectivity index (χ4v) is 2.61. The second kappa shape index (κ2) is 5.50. The van der Waals surface area contributed by atoms with E-state index in [0.717, 1.165) is 37.9 Å². The van der Waals surface area contributed by atoms with Crippen LogP contribution in [0, 0.1) is 0 Å². The lowest BCUT2D eigenvalue weighted by Gasteiger charge is -2.32. The smallest absolute Gasteiger partial charge is 0.319 e. The van der Waals surface area contributed by atoms with E-state index in [1.54, 1.807) is 0 Å². The molecule has 0 aliphatic heterocycles. The highest BCUT2D eigenvalue weighted by molar-refractivity contribution is 5.82. The Morgan fingerprint density at radius 2 is 2.06 bits per heavy atom. The number of ether oxygens (including phenoxy) is 1. The zero-order valence-corrected chi connectivity index (χ0v) is 11.2. The molecule has 2 rings (SSSR count). The van der Waals surface area contributed by atoms with Gasteiger partial charge in [0.15, 0.2) is 5.82 Å². The lowest BCUT2D eigenvalue weighted by Crippen LogP contribution is -2.40. The Bertz CT molecular complexity index is 408. The summed E-state index contributed by atoms with van der Waals surface area (Å²) in [6.07, 6.45) is 5.64. The van der Waals surface area contributed by atoms with Crippen LogP contribution in [0.1, 0.15) is 57.6 Å². The summed E-state index contributed by atoms with van der Waals surface area (Å²) in [5.74, 6) is 1.29. The highest BCUT2D eigenvalue weighted by Crippen LogP contribution is 2.38. The Balaban J connectivity index is 2.31. The highest BCUT2D eigenvalue weighted by atomic mass is 16.5. The van der Waals surface area contributed by atoms with Crippen molar-refractivity contribution in [1.82, 2.24) is 15.2 Å². The van der Waals surface area contributed by atoms with Crippen LogP contribution in [0.5, 0.6) is 0 Å². The Morgan fingerprint density at radius 3 is 2.61 bits per heavy atom. The second-order valence-electron chi connectivity index (χ2n) is 4.82. The van der Waals surface area contributed by atoms with Gasteiger partial charge in [0.25, 0.3) is 0 Å². The lowest BCUT2D eigenvalue weighted by atomic mass is 9.73. The monoisotopic (exact) mass is 251 g/mol. The molecule has 18 heavy (non-hydrogen) atoms. The number of rotatable bonds is 4. The van der Waals surface area contributed by atoms with Gasteiger partial charge in [0.2, 0.25) is 0 Å². The molecule has 1 aliphatic rings. The van der Waals surface area contributed by atoms with E-state index in [1.807, 2.05) is 13.8 Å². The van der Waals surface area contributed by atoms with Crippen molar-refractivity contribution in [3.63, 3.8) is 0 Å². The van der Waals surface area contributed by atoms with E-state index < -0.39 is 5.41 Å². The summed E-state index contributed by atoms with van der Waals surface area (Å²) in [5.41, 5.74) is -0.613. The number of carbonyl (C=O) groups excluding carboxylic acids is 1. The number of carbonyl (C=O) groups is 1. The zero-order chi connectivity index (χ0) is 13.0. The summed E-state index contributed by atoms with van der Waals surface area (Å²) >= 11 is 0. The minimum Gasteiger partial charge on any atom is -0.465 e.